The van der Waals surface area contributed by atoms with E-state index < -0.39 is 195 Å². The third-order valence-electron chi connectivity index (χ3n) is 9.13. The Hall–Kier alpha value is -5.31. The van der Waals surface area contributed by atoms with E-state index in [0.29, 0.717) is 6.61 Å². The van der Waals surface area contributed by atoms with E-state index in [1.54, 1.807) is 13.8 Å². The largest absolute Gasteiger partial charge is 0.462 e. The first-order chi connectivity index (χ1) is 28.9. The minimum Gasteiger partial charge on any atom is -0.462 e. The zero-order valence-corrected chi connectivity index (χ0v) is 31.9. The van der Waals surface area contributed by atoms with Crippen molar-refractivity contribution >= 4 is 34.0 Å². The molecule has 65 heavy (non-hydrogen) atoms. The SMILES string of the molecule is CCOC(=O)[C@@H](C)[NH3+].FC(F)(F)c1cc([B-](c2cc(C(F)(F)F)cc(C(F)(F)F)c2)(c2cc(C(F)(F)F)cc(C(F)(F)F)c2)c2cc(C(F)(F)F)cc(C(F)(F)F)c2)cc(C(F)(F)F)c1. The van der Waals surface area contributed by atoms with Gasteiger partial charge in [-0.05, 0) is 38.1 Å². The van der Waals surface area contributed by atoms with Crippen LogP contribution < -0.4 is 27.6 Å². The molecule has 0 bridgehead atoms. The van der Waals surface area contributed by atoms with E-state index in [1.807, 2.05) is 0 Å². The van der Waals surface area contributed by atoms with Gasteiger partial charge in [-0.25, -0.2) is 4.79 Å². The lowest BCUT2D eigenvalue weighted by Gasteiger charge is -2.46. The monoisotopic (exact) mass is 981 g/mol. The highest BCUT2D eigenvalue weighted by atomic mass is 19.4. The first-order valence-corrected chi connectivity index (χ1v) is 17.3. The second-order valence-electron chi connectivity index (χ2n) is 13.9. The quantitative estimate of drug-likeness (QED) is 0.119. The zero-order valence-electron chi connectivity index (χ0n) is 31.9. The predicted octanol–water partition coefficient (Wildman–Crippen LogP) is 10.4. The van der Waals surface area contributed by atoms with Gasteiger partial charge in [0.25, 0.3) is 0 Å². The van der Waals surface area contributed by atoms with E-state index in [1.165, 1.54) is 0 Å². The number of halogens is 24. The Kier molecular flexibility index (Phi) is 14.8. The lowest BCUT2D eigenvalue weighted by molar-refractivity contribution is -0.402. The fourth-order valence-corrected chi connectivity index (χ4v) is 6.36. The first-order valence-electron chi connectivity index (χ1n) is 17.3. The molecule has 0 aliphatic rings. The number of hydrogen-bond acceptors (Lipinski definition) is 2. The van der Waals surface area contributed by atoms with Gasteiger partial charge in [0.15, 0.2) is 6.04 Å². The molecule has 0 spiro atoms. The molecule has 3 nitrogen and oxygen atoms in total. The van der Waals surface area contributed by atoms with Gasteiger partial charge in [0.2, 0.25) is 0 Å². The molecule has 1 atom stereocenters. The molecule has 0 aliphatic carbocycles. The molecule has 4 aromatic rings. The molecule has 4 rings (SSSR count). The van der Waals surface area contributed by atoms with Gasteiger partial charge in [0.1, 0.15) is 6.15 Å². The topological polar surface area (TPSA) is 53.9 Å². The Bertz CT molecular complexity index is 1910. The molecule has 0 saturated heterocycles. The molecule has 0 fully saturated rings. The van der Waals surface area contributed by atoms with Crippen molar-refractivity contribution in [1.82, 2.24) is 0 Å². The van der Waals surface area contributed by atoms with Crippen LogP contribution in [0.15, 0.2) is 72.8 Å². The summed E-state index contributed by atoms with van der Waals surface area (Å²) in [5.41, 5.74) is -26.7. The van der Waals surface area contributed by atoms with Gasteiger partial charge in [0, 0.05) is 0 Å². The normalized spacial score (nSPS) is 14.1. The van der Waals surface area contributed by atoms with Crippen molar-refractivity contribution < 1.29 is 121 Å². The molecule has 0 aliphatic heterocycles. The van der Waals surface area contributed by atoms with Crippen LogP contribution in [0.4, 0.5) is 105 Å². The lowest BCUT2D eigenvalue weighted by Crippen LogP contribution is -2.75. The molecular formula is C37H24BF24NO2. The number of rotatable bonds is 6. The summed E-state index contributed by atoms with van der Waals surface area (Å²) < 4.78 is 345. The smallest absolute Gasteiger partial charge is 0.416 e. The van der Waals surface area contributed by atoms with E-state index >= 15 is 0 Å². The standard InChI is InChI=1S/C32H12BF24.C5H11NO2/c34-25(35,36)13-1-14(26(37,38)39)6-21(5-13)33(22-7-15(27(40,41)42)2-16(8-22)28(43,44)45,23-9-17(29(46,47)48)3-18(10-23)30(49,50)51)24-11-19(31(52,53)54)4-20(12-24)32(55,56)57;1-3-8-5(7)4(2)6/h1-12H;4H,3,6H2,1-2H3/q-1;/p+1/t;4-/m.1/s1. The molecule has 360 valence electrons. The average Bonchev–Trinajstić information content (AvgIpc) is 3.12. The number of carbonyl (C=O) groups excluding carboxylic acids is 1. The van der Waals surface area contributed by atoms with Gasteiger partial charge < -0.3 is 10.5 Å². The minimum absolute atomic E-state index is 0.229. The number of benzene rings is 4. The van der Waals surface area contributed by atoms with Gasteiger partial charge in [-0.2, -0.15) is 127 Å². The molecule has 0 aromatic heterocycles. The van der Waals surface area contributed by atoms with Gasteiger partial charge in [-0.1, -0.05) is 48.5 Å². The van der Waals surface area contributed by atoms with E-state index in [4.69, 9.17) is 0 Å². The Morgan fingerprint density at radius 2 is 0.554 bits per heavy atom. The van der Waals surface area contributed by atoms with Crippen LogP contribution in [-0.2, 0) is 58.9 Å². The van der Waals surface area contributed by atoms with Crippen molar-refractivity contribution in [1.29, 1.82) is 0 Å². The van der Waals surface area contributed by atoms with E-state index in [2.05, 4.69) is 10.5 Å². The second-order valence-corrected chi connectivity index (χ2v) is 13.9. The molecule has 0 amide bonds. The van der Waals surface area contributed by atoms with Crippen molar-refractivity contribution in [3.05, 3.63) is 117 Å². The number of esters is 1. The van der Waals surface area contributed by atoms with Crippen molar-refractivity contribution in [3.63, 3.8) is 0 Å². The highest BCUT2D eigenvalue weighted by Gasteiger charge is 2.47. The molecule has 0 unspecified atom stereocenters. The Morgan fingerprint density at radius 3 is 0.646 bits per heavy atom. The van der Waals surface area contributed by atoms with Crippen molar-refractivity contribution in [2.24, 2.45) is 0 Å². The number of ether oxygens (including phenoxy) is 1. The number of carbonyl (C=O) groups is 1. The fourth-order valence-electron chi connectivity index (χ4n) is 6.36. The van der Waals surface area contributed by atoms with E-state index in [9.17, 15) is 110 Å². The summed E-state index contributed by atoms with van der Waals surface area (Å²) in [6.07, 6.45) is -54.8. The second kappa shape index (κ2) is 17.8. The number of quaternary nitrogens is 1. The van der Waals surface area contributed by atoms with Crippen LogP contribution in [0, 0.1) is 0 Å². The van der Waals surface area contributed by atoms with Crippen LogP contribution in [0.3, 0.4) is 0 Å². The van der Waals surface area contributed by atoms with Crippen LogP contribution in [0.1, 0.15) is 58.4 Å². The van der Waals surface area contributed by atoms with Gasteiger partial charge in [-0.3, -0.25) is 0 Å². The maximum Gasteiger partial charge on any atom is 0.416 e. The summed E-state index contributed by atoms with van der Waals surface area (Å²) in [7, 11) is 0. The minimum atomic E-state index is -6.13. The Labute approximate surface area is 348 Å². The van der Waals surface area contributed by atoms with Crippen molar-refractivity contribution in [3.8, 4) is 0 Å². The summed E-state index contributed by atoms with van der Waals surface area (Å²) in [4.78, 5) is 10.5. The van der Waals surface area contributed by atoms with Crippen LogP contribution in [0.25, 0.3) is 0 Å². The van der Waals surface area contributed by atoms with Crippen LogP contribution in [0.5, 0.6) is 0 Å². The Morgan fingerprint density at radius 1 is 0.400 bits per heavy atom. The van der Waals surface area contributed by atoms with Gasteiger partial charge >= 0.3 is 55.4 Å². The average molecular weight is 981 g/mol. The third kappa shape index (κ3) is 12.7. The number of hydrogen-bond donors (Lipinski definition) is 1. The summed E-state index contributed by atoms with van der Waals surface area (Å²) in [6.45, 7) is 3.93. The zero-order chi connectivity index (χ0) is 50.5. The fraction of sp³-hybridized carbons (Fsp3) is 0.324. The maximum atomic E-state index is 14.2. The highest BCUT2D eigenvalue weighted by molar-refractivity contribution is 7.20. The molecule has 28 heteroatoms. The first kappa shape index (κ1) is 54.0. The van der Waals surface area contributed by atoms with Gasteiger partial charge in [-0.15, -0.1) is 0 Å². The predicted molar refractivity (Wildman–Crippen MR) is 179 cm³/mol. The maximum absolute atomic E-state index is 14.2. The molecule has 0 heterocycles. The van der Waals surface area contributed by atoms with Crippen LogP contribution >= 0.6 is 0 Å². The number of alkyl halides is 24. The van der Waals surface area contributed by atoms with Crippen LogP contribution in [-0.4, -0.2) is 24.8 Å². The molecular weight excluding hydrogens is 957 g/mol. The summed E-state index contributed by atoms with van der Waals surface area (Å²) in [5, 5.41) is 0. The van der Waals surface area contributed by atoms with E-state index in [0.717, 1.165) is 0 Å². The summed E-state index contributed by atoms with van der Waals surface area (Å²) in [5.74, 6) is -0.229. The van der Waals surface area contributed by atoms with Crippen LogP contribution in [0.2, 0.25) is 0 Å². The molecule has 3 N–H and O–H groups in total. The lowest BCUT2D eigenvalue weighted by atomic mass is 9.12. The van der Waals surface area contributed by atoms with Crippen molar-refractivity contribution in [2.45, 2.75) is 69.3 Å². The molecule has 4 aromatic carbocycles. The van der Waals surface area contributed by atoms with Gasteiger partial charge in [0.05, 0.1) is 51.1 Å². The molecule has 0 radical (unpaired) electrons. The third-order valence-corrected chi connectivity index (χ3v) is 9.13. The highest BCUT2D eigenvalue weighted by Crippen LogP contribution is 2.41. The van der Waals surface area contributed by atoms with E-state index in [-0.39, 0.29) is 12.0 Å². The van der Waals surface area contributed by atoms with Crippen molar-refractivity contribution in [2.75, 3.05) is 6.61 Å². The Balaban J connectivity index is 0.00000128. The summed E-state index contributed by atoms with van der Waals surface area (Å²) >= 11 is 0. The molecule has 0 saturated carbocycles. The summed E-state index contributed by atoms with van der Waals surface area (Å²) in [6, 6.07) is -9.05.